The largest absolute Gasteiger partial charge is 0.289 e. The molecule has 0 spiro atoms. The highest BCUT2D eigenvalue weighted by Crippen LogP contribution is 2.38. The van der Waals surface area contributed by atoms with Crippen molar-refractivity contribution < 1.29 is 9.59 Å². The Bertz CT molecular complexity index is 1140. The SMILES string of the molecule is CC.CCC(C)CCC(C)(C)c1ccc2c(c1)C(=O)c1cc(C(C)(C)CCCC(C)C(C)(C)C)ccc1C2=O. The van der Waals surface area contributed by atoms with Crippen molar-refractivity contribution in [1.29, 1.82) is 0 Å². The average Bonchev–Trinajstić information content (AvgIpc) is 2.90. The first-order valence-corrected chi connectivity index (χ1v) is 15.5. The quantitative estimate of drug-likeness (QED) is 0.260. The average molecular weight is 533 g/mol. The second-order valence-corrected chi connectivity index (χ2v) is 14.2. The number of carbonyl (C=O) groups is 2. The summed E-state index contributed by atoms with van der Waals surface area (Å²) in [5, 5.41) is 0. The number of carbonyl (C=O) groups excluding carboxylic acids is 2. The van der Waals surface area contributed by atoms with E-state index in [9.17, 15) is 9.59 Å². The predicted octanol–water partition coefficient (Wildman–Crippen LogP) is 10.7. The summed E-state index contributed by atoms with van der Waals surface area (Å²) in [6, 6.07) is 11.9. The minimum atomic E-state index is -0.0595. The van der Waals surface area contributed by atoms with Crippen LogP contribution in [0.1, 0.15) is 165 Å². The van der Waals surface area contributed by atoms with E-state index in [1.165, 1.54) is 12.8 Å². The molecule has 2 atom stereocenters. The van der Waals surface area contributed by atoms with Crippen molar-refractivity contribution >= 4 is 11.6 Å². The Morgan fingerprint density at radius 3 is 1.51 bits per heavy atom. The van der Waals surface area contributed by atoms with Gasteiger partial charge in [0.1, 0.15) is 0 Å². The van der Waals surface area contributed by atoms with Gasteiger partial charge in [0.2, 0.25) is 0 Å². The first-order valence-electron chi connectivity index (χ1n) is 15.5. The van der Waals surface area contributed by atoms with E-state index in [-0.39, 0.29) is 22.4 Å². The highest BCUT2D eigenvalue weighted by molar-refractivity contribution is 6.28. The maximum absolute atomic E-state index is 13.8. The van der Waals surface area contributed by atoms with Crippen LogP contribution >= 0.6 is 0 Å². The van der Waals surface area contributed by atoms with Gasteiger partial charge in [-0.3, -0.25) is 9.59 Å². The molecule has 0 aliphatic heterocycles. The van der Waals surface area contributed by atoms with Gasteiger partial charge < -0.3 is 0 Å². The predicted molar refractivity (Wildman–Crippen MR) is 168 cm³/mol. The number of rotatable bonds is 10. The van der Waals surface area contributed by atoms with E-state index in [0.29, 0.717) is 39.5 Å². The molecule has 2 heteroatoms. The summed E-state index contributed by atoms with van der Waals surface area (Å²) >= 11 is 0. The monoisotopic (exact) mass is 532 g/mol. The van der Waals surface area contributed by atoms with Gasteiger partial charge in [-0.1, -0.05) is 114 Å². The maximum atomic E-state index is 13.8. The summed E-state index contributed by atoms with van der Waals surface area (Å²) in [5.74, 6) is 1.30. The molecule has 39 heavy (non-hydrogen) atoms. The second-order valence-electron chi connectivity index (χ2n) is 14.2. The molecule has 0 heterocycles. The van der Waals surface area contributed by atoms with Crippen LogP contribution in [0.3, 0.4) is 0 Å². The van der Waals surface area contributed by atoms with Crippen LogP contribution in [0.25, 0.3) is 0 Å². The fourth-order valence-electron chi connectivity index (χ4n) is 5.38. The summed E-state index contributed by atoms with van der Waals surface area (Å²) in [4.78, 5) is 27.2. The lowest BCUT2D eigenvalue weighted by atomic mass is 9.73. The number of hydrogen-bond acceptors (Lipinski definition) is 2. The lowest BCUT2D eigenvalue weighted by Gasteiger charge is -2.31. The summed E-state index contributed by atoms with van der Waals surface area (Å²) in [5.41, 5.74) is 4.72. The van der Waals surface area contributed by atoms with E-state index in [0.717, 1.165) is 36.8 Å². The third-order valence-corrected chi connectivity index (χ3v) is 9.46. The first kappa shape index (κ1) is 33.0. The van der Waals surface area contributed by atoms with Crippen LogP contribution in [0.2, 0.25) is 0 Å². The minimum absolute atomic E-state index is 0.0109. The molecule has 2 unspecified atom stereocenters. The van der Waals surface area contributed by atoms with E-state index < -0.39 is 0 Å². The van der Waals surface area contributed by atoms with Crippen LogP contribution in [-0.2, 0) is 10.8 Å². The van der Waals surface area contributed by atoms with E-state index in [1.54, 1.807) is 0 Å². The van der Waals surface area contributed by atoms with Gasteiger partial charge in [0.25, 0.3) is 0 Å². The summed E-state index contributed by atoms with van der Waals surface area (Å²) < 4.78 is 0. The standard InChI is InChI=1S/C35H50O2.C2H6/c1-11-23(2)18-20-35(9,10)26-15-17-28-30(22-26)32(37)29-21-25(14-16-27(29)31(28)36)34(7,8)19-12-13-24(3)33(4,5)6;1-2/h14-17,21-24H,11-13,18-20H2,1-10H3;1-2H3. The van der Waals surface area contributed by atoms with E-state index >= 15 is 0 Å². The molecule has 3 rings (SSSR count). The van der Waals surface area contributed by atoms with E-state index in [4.69, 9.17) is 0 Å². The normalized spacial score (nSPS) is 15.2. The molecule has 0 bridgehead atoms. The molecule has 2 nitrogen and oxygen atoms in total. The molecule has 0 amide bonds. The van der Waals surface area contributed by atoms with Crippen LogP contribution in [0.5, 0.6) is 0 Å². The van der Waals surface area contributed by atoms with Crippen molar-refractivity contribution in [3.63, 3.8) is 0 Å². The molecule has 2 aromatic rings. The molecule has 0 fully saturated rings. The molecule has 0 aromatic heterocycles. The highest BCUT2D eigenvalue weighted by Gasteiger charge is 2.33. The molecular formula is C37H56O2. The third-order valence-electron chi connectivity index (χ3n) is 9.46. The highest BCUT2D eigenvalue weighted by atomic mass is 16.1. The molecule has 1 aliphatic rings. The Morgan fingerprint density at radius 2 is 1.08 bits per heavy atom. The van der Waals surface area contributed by atoms with Gasteiger partial charge in [0.15, 0.2) is 11.6 Å². The van der Waals surface area contributed by atoms with Crippen molar-refractivity contribution in [3.05, 3.63) is 69.8 Å². The summed E-state index contributed by atoms with van der Waals surface area (Å²) in [6.07, 6.45) is 6.79. The molecule has 0 saturated carbocycles. The van der Waals surface area contributed by atoms with Crippen molar-refractivity contribution in [2.75, 3.05) is 0 Å². The summed E-state index contributed by atoms with van der Waals surface area (Å²) in [7, 11) is 0. The molecule has 0 saturated heterocycles. The molecule has 0 radical (unpaired) electrons. The molecular weight excluding hydrogens is 476 g/mol. The molecule has 1 aliphatic carbocycles. The lowest BCUT2D eigenvalue weighted by Crippen LogP contribution is -2.25. The Hall–Kier alpha value is -2.22. The zero-order chi connectivity index (χ0) is 29.8. The van der Waals surface area contributed by atoms with Gasteiger partial charge in [-0.25, -0.2) is 0 Å². The van der Waals surface area contributed by atoms with Crippen LogP contribution in [-0.4, -0.2) is 11.6 Å². The van der Waals surface area contributed by atoms with Gasteiger partial charge in [-0.05, 0) is 82.7 Å². The fraction of sp³-hybridized carbons (Fsp3) is 0.622. The summed E-state index contributed by atoms with van der Waals surface area (Å²) in [6.45, 7) is 26.8. The van der Waals surface area contributed by atoms with Crippen molar-refractivity contribution in [2.24, 2.45) is 17.3 Å². The number of fused-ring (bicyclic) bond motifs is 2. The van der Waals surface area contributed by atoms with E-state index in [1.807, 2.05) is 38.1 Å². The molecule has 216 valence electrons. The fourth-order valence-corrected chi connectivity index (χ4v) is 5.38. The van der Waals surface area contributed by atoms with Gasteiger partial charge in [-0.15, -0.1) is 0 Å². The van der Waals surface area contributed by atoms with Gasteiger partial charge in [0, 0.05) is 22.3 Å². The van der Waals surface area contributed by atoms with E-state index in [2.05, 4.69) is 81.4 Å². The Labute approximate surface area is 240 Å². The lowest BCUT2D eigenvalue weighted by molar-refractivity contribution is 0.0978. The molecule has 0 N–H and O–H groups in total. The van der Waals surface area contributed by atoms with Crippen molar-refractivity contribution in [3.8, 4) is 0 Å². The Balaban J connectivity index is 0.00000260. The van der Waals surface area contributed by atoms with Crippen LogP contribution in [0.4, 0.5) is 0 Å². The Morgan fingerprint density at radius 1 is 0.641 bits per heavy atom. The Kier molecular flexibility index (Phi) is 11.0. The topological polar surface area (TPSA) is 34.1 Å². The number of benzene rings is 2. The van der Waals surface area contributed by atoms with Crippen LogP contribution in [0, 0.1) is 17.3 Å². The first-order chi connectivity index (χ1) is 18.1. The zero-order valence-electron chi connectivity index (χ0n) is 27.2. The maximum Gasteiger partial charge on any atom is 0.194 e. The minimum Gasteiger partial charge on any atom is -0.289 e. The number of ketones is 2. The second kappa shape index (κ2) is 13.0. The van der Waals surface area contributed by atoms with Crippen molar-refractivity contribution in [1.82, 2.24) is 0 Å². The number of hydrogen-bond donors (Lipinski definition) is 0. The zero-order valence-corrected chi connectivity index (χ0v) is 27.2. The smallest absolute Gasteiger partial charge is 0.194 e. The van der Waals surface area contributed by atoms with Crippen molar-refractivity contribution in [2.45, 2.75) is 132 Å². The molecule has 2 aromatic carbocycles. The van der Waals surface area contributed by atoms with Crippen LogP contribution in [0.15, 0.2) is 36.4 Å². The van der Waals surface area contributed by atoms with Gasteiger partial charge >= 0.3 is 0 Å². The van der Waals surface area contributed by atoms with Gasteiger partial charge in [-0.2, -0.15) is 0 Å². The third kappa shape index (κ3) is 7.71. The van der Waals surface area contributed by atoms with Gasteiger partial charge in [0.05, 0.1) is 0 Å². The van der Waals surface area contributed by atoms with Crippen LogP contribution < -0.4 is 0 Å².